The standard InChI is InChI=1S/C24H17N/c1-2-8-17(9-3-1)16-22-20-12-6-7-13-23(20)25-24-19-11-5-4-10-18(19)14-15-21(22)24/h1-15H,16H2. The first-order valence-electron chi connectivity index (χ1n) is 8.63. The number of rotatable bonds is 2. The van der Waals surface area contributed by atoms with E-state index in [1.54, 1.807) is 0 Å². The van der Waals surface area contributed by atoms with Gasteiger partial charge in [0.15, 0.2) is 0 Å². The summed E-state index contributed by atoms with van der Waals surface area (Å²) >= 11 is 0. The van der Waals surface area contributed by atoms with Crippen molar-refractivity contribution in [3.8, 4) is 0 Å². The maximum Gasteiger partial charge on any atom is 0.0790 e. The number of benzene rings is 4. The fourth-order valence-corrected chi connectivity index (χ4v) is 3.70. The molecule has 1 heterocycles. The lowest BCUT2D eigenvalue weighted by Crippen LogP contribution is -1.95. The summed E-state index contributed by atoms with van der Waals surface area (Å²) in [6.07, 6.45) is 0.915. The molecule has 0 aliphatic rings. The fraction of sp³-hybridized carbons (Fsp3) is 0.0417. The molecule has 1 heteroatoms. The summed E-state index contributed by atoms with van der Waals surface area (Å²) in [4.78, 5) is 5.01. The van der Waals surface area contributed by atoms with Crippen molar-refractivity contribution in [1.82, 2.24) is 4.98 Å². The number of hydrogen-bond acceptors (Lipinski definition) is 1. The van der Waals surface area contributed by atoms with Crippen molar-refractivity contribution in [2.24, 2.45) is 0 Å². The molecular weight excluding hydrogens is 302 g/mol. The number of hydrogen-bond donors (Lipinski definition) is 0. The van der Waals surface area contributed by atoms with Crippen LogP contribution in [0.15, 0.2) is 91.0 Å². The molecular formula is C24H17N. The zero-order valence-electron chi connectivity index (χ0n) is 13.8. The van der Waals surface area contributed by atoms with E-state index in [4.69, 9.17) is 4.98 Å². The highest BCUT2D eigenvalue weighted by Gasteiger charge is 2.11. The van der Waals surface area contributed by atoms with Crippen LogP contribution >= 0.6 is 0 Å². The van der Waals surface area contributed by atoms with E-state index in [0.29, 0.717) is 0 Å². The van der Waals surface area contributed by atoms with Gasteiger partial charge in [0.05, 0.1) is 11.0 Å². The Morgan fingerprint density at radius 1 is 0.560 bits per heavy atom. The van der Waals surface area contributed by atoms with E-state index in [1.165, 1.54) is 32.7 Å². The normalized spacial score (nSPS) is 11.4. The third-order valence-electron chi connectivity index (χ3n) is 4.91. The van der Waals surface area contributed by atoms with E-state index in [9.17, 15) is 0 Å². The average Bonchev–Trinajstić information content (AvgIpc) is 2.68. The Kier molecular flexibility index (Phi) is 3.24. The average molecular weight is 319 g/mol. The Morgan fingerprint density at radius 3 is 2.16 bits per heavy atom. The van der Waals surface area contributed by atoms with Gasteiger partial charge in [-0.3, -0.25) is 0 Å². The van der Waals surface area contributed by atoms with Crippen molar-refractivity contribution in [1.29, 1.82) is 0 Å². The number of fused-ring (bicyclic) bond motifs is 4. The summed E-state index contributed by atoms with van der Waals surface area (Å²) in [5.74, 6) is 0. The first kappa shape index (κ1) is 14.2. The second-order valence-corrected chi connectivity index (χ2v) is 6.45. The van der Waals surface area contributed by atoms with Gasteiger partial charge in [-0.25, -0.2) is 4.98 Å². The van der Waals surface area contributed by atoms with Gasteiger partial charge in [0.2, 0.25) is 0 Å². The summed E-state index contributed by atoms with van der Waals surface area (Å²) in [6.45, 7) is 0. The SMILES string of the molecule is c1ccc(Cc2c3ccccc3nc3c2ccc2ccccc23)cc1. The van der Waals surface area contributed by atoms with Crippen LogP contribution in [0.4, 0.5) is 0 Å². The summed E-state index contributed by atoms with van der Waals surface area (Å²) in [7, 11) is 0. The predicted molar refractivity (Wildman–Crippen MR) is 106 cm³/mol. The highest BCUT2D eigenvalue weighted by molar-refractivity contribution is 6.10. The lowest BCUT2D eigenvalue weighted by atomic mass is 9.94. The number of para-hydroxylation sites is 1. The molecule has 4 aromatic carbocycles. The summed E-state index contributed by atoms with van der Waals surface area (Å²) in [5, 5.41) is 4.96. The van der Waals surface area contributed by atoms with Crippen molar-refractivity contribution < 1.29 is 0 Å². The van der Waals surface area contributed by atoms with Crippen molar-refractivity contribution in [3.63, 3.8) is 0 Å². The molecule has 5 aromatic rings. The lowest BCUT2D eigenvalue weighted by molar-refractivity contribution is 1.23. The minimum absolute atomic E-state index is 0.915. The molecule has 1 aromatic heterocycles. The quantitative estimate of drug-likeness (QED) is 0.282. The molecule has 0 spiro atoms. The lowest BCUT2D eigenvalue weighted by Gasteiger charge is -2.13. The first-order chi connectivity index (χ1) is 12.4. The first-order valence-corrected chi connectivity index (χ1v) is 8.63. The molecule has 5 rings (SSSR count). The summed E-state index contributed by atoms with van der Waals surface area (Å²) in [6, 6.07) is 32.1. The maximum atomic E-state index is 5.01. The molecule has 0 radical (unpaired) electrons. The molecule has 0 amide bonds. The Hall–Kier alpha value is -3.19. The second-order valence-electron chi connectivity index (χ2n) is 6.45. The molecule has 118 valence electrons. The van der Waals surface area contributed by atoms with Gasteiger partial charge in [0, 0.05) is 16.2 Å². The van der Waals surface area contributed by atoms with Crippen LogP contribution in [0.2, 0.25) is 0 Å². The van der Waals surface area contributed by atoms with Crippen LogP contribution in [0.3, 0.4) is 0 Å². The Morgan fingerprint density at radius 2 is 1.28 bits per heavy atom. The third-order valence-corrected chi connectivity index (χ3v) is 4.91. The predicted octanol–water partition coefficient (Wildman–Crippen LogP) is 6.13. The van der Waals surface area contributed by atoms with Crippen LogP contribution in [0.5, 0.6) is 0 Å². The molecule has 0 bridgehead atoms. The largest absolute Gasteiger partial charge is 0.247 e. The molecule has 0 fully saturated rings. The van der Waals surface area contributed by atoms with Gasteiger partial charge in [-0.1, -0.05) is 84.9 Å². The third kappa shape index (κ3) is 2.36. The molecule has 0 atom stereocenters. The molecule has 0 saturated heterocycles. The maximum absolute atomic E-state index is 5.01. The molecule has 25 heavy (non-hydrogen) atoms. The van der Waals surface area contributed by atoms with Crippen LogP contribution in [-0.2, 0) is 6.42 Å². The Labute approximate surface area is 146 Å². The van der Waals surface area contributed by atoms with Gasteiger partial charge < -0.3 is 0 Å². The summed E-state index contributed by atoms with van der Waals surface area (Å²) < 4.78 is 0. The van der Waals surface area contributed by atoms with E-state index in [0.717, 1.165) is 17.5 Å². The van der Waals surface area contributed by atoms with Gasteiger partial charge in [0.25, 0.3) is 0 Å². The molecule has 0 saturated carbocycles. The molecule has 0 aliphatic heterocycles. The van der Waals surface area contributed by atoms with Crippen molar-refractivity contribution in [2.45, 2.75) is 6.42 Å². The highest BCUT2D eigenvalue weighted by atomic mass is 14.7. The molecule has 1 nitrogen and oxygen atoms in total. The van der Waals surface area contributed by atoms with Gasteiger partial charge in [-0.15, -0.1) is 0 Å². The molecule has 0 unspecified atom stereocenters. The minimum Gasteiger partial charge on any atom is -0.247 e. The Balaban J connectivity index is 1.90. The smallest absolute Gasteiger partial charge is 0.0790 e. The van der Waals surface area contributed by atoms with Crippen LogP contribution in [0.25, 0.3) is 32.6 Å². The van der Waals surface area contributed by atoms with E-state index < -0.39 is 0 Å². The number of pyridine rings is 1. The van der Waals surface area contributed by atoms with Gasteiger partial charge in [0.1, 0.15) is 0 Å². The van der Waals surface area contributed by atoms with Crippen molar-refractivity contribution in [2.75, 3.05) is 0 Å². The van der Waals surface area contributed by atoms with Crippen LogP contribution < -0.4 is 0 Å². The van der Waals surface area contributed by atoms with E-state index in [1.807, 2.05) is 0 Å². The number of nitrogens with zero attached hydrogens (tertiary/aromatic N) is 1. The number of aromatic nitrogens is 1. The zero-order chi connectivity index (χ0) is 16.6. The topological polar surface area (TPSA) is 12.9 Å². The fourth-order valence-electron chi connectivity index (χ4n) is 3.70. The molecule has 0 N–H and O–H groups in total. The van der Waals surface area contributed by atoms with Crippen LogP contribution in [0, 0.1) is 0 Å². The van der Waals surface area contributed by atoms with E-state index in [-0.39, 0.29) is 0 Å². The van der Waals surface area contributed by atoms with Crippen molar-refractivity contribution in [3.05, 3.63) is 102 Å². The summed E-state index contributed by atoms with van der Waals surface area (Å²) in [5.41, 5.74) is 4.85. The second kappa shape index (κ2) is 5.71. The van der Waals surface area contributed by atoms with Gasteiger partial charge >= 0.3 is 0 Å². The van der Waals surface area contributed by atoms with E-state index >= 15 is 0 Å². The zero-order valence-corrected chi connectivity index (χ0v) is 13.8. The minimum atomic E-state index is 0.915. The Bertz CT molecular complexity index is 1210. The monoisotopic (exact) mass is 319 g/mol. The van der Waals surface area contributed by atoms with E-state index in [2.05, 4.69) is 91.0 Å². The van der Waals surface area contributed by atoms with Gasteiger partial charge in [-0.05, 0) is 29.0 Å². The highest BCUT2D eigenvalue weighted by Crippen LogP contribution is 2.32. The van der Waals surface area contributed by atoms with Crippen molar-refractivity contribution >= 4 is 32.6 Å². The van der Waals surface area contributed by atoms with Crippen LogP contribution in [0.1, 0.15) is 11.1 Å². The van der Waals surface area contributed by atoms with Gasteiger partial charge in [-0.2, -0.15) is 0 Å². The molecule has 0 aliphatic carbocycles. The van der Waals surface area contributed by atoms with Crippen LogP contribution in [-0.4, -0.2) is 4.98 Å².